The largest absolute Gasteiger partial charge is 0.493 e. The molecule has 3 heterocycles. The van der Waals surface area contributed by atoms with Gasteiger partial charge < -0.3 is 23.8 Å². The van der Waals surface area contributed by atoms with Gasteiger partial charge in [0, 0.05) is 17.5 Å². The summed E-state index contributed by atoms with van der Waals surface area (Å²) in [4.78, 5) is 2.28. The second-order valence-electron chi connectivity index (χ2n) is 6.56. The summed E-state index contributed by atoms with van der Waals surface area (Å²) in [6.45, 7) is 2.48. The number of fused-ring (bicyclic) bond motifs is 5. The molecule has 5 rings (SSSR count). The van der Waals surface area contributed by atoms with Gasteiger partial charge in [0.2, 0.25) is 6.79 Å². The predicted octanol–water partition coefficient (Wildman–Crippen LogP) is 4.29. The topological polar surface area (TPSA) is 40.2 Å². The average Bonchev–Trinajstić information content (AvgIpc) is 3.13. The van der Waals surface area contributed by atoms with Crippen molar-refractivity contribution < 1.29 is 18.9 Å². The van der Waals surface area contributed by atoms with Crippen LogP contribution < -0.4 is 18.9 Å². The molecule has 0 spiro atoms. The number of methoxy groups -OCH3 is 2. The van der Waals surface area contributed by atoms with Crippen LogP contribution >= 0.6 is 0 Å². The monoisotopic (exact) mass is 349 g/mol. The SMILES string of the molecule is COc1cc2c(cc1OC)C1=Cc3cc4c(cc3C(C)N1C=C2)OCO4. The number of benzene rings is 2. The van der Waals surface area contributed by atoms with E-state index in [0.29, 0.717) is 0 Å². The van der Waals surface area contributed by atoms with Gasteiger partial charge in [0.25, 0.3) is 0 Å². The normalized spacial score (nSPS) is 18.7. The van der Waals surface area contributed by atoms with Crippen LogP contribution in [0.1, 0.15) is 35.2 Å². The quantitative estimate of drug-likeness (QED) is 0.809. The summed E-state index contributed by atoms with van der Waals surface area (Å²) in [5, 5.41) is 0. The average molecular weight is 349 g/mol. The maximum Gasteiger partial charge on any atom is 0.231 e. The van der Waals surface area contributed by atoms with Gasteiger partial charge in [0.05, 0.1) is 20.3 Å². The lowest BCUT2D eigenvalue weighted by Crippen LogP contribution is -2.26. The molecule has 1 atom stereocenters. The number of hydrogen-bond donors (Lipinski definition) is 0. The highest BCUT2D eigenvalue weighted by atomic mass is 16.7. The Labute approximate surface area is 152 Å². The summed E-state index contributed by atoms with van der Waals surface area (Å²) in [5.41, 5.74) is 5.76. The minimum absolute atomic E-state index is 0.192. The van der Waals surface area contributed by atoms with Gasteiger partial charge in [-0.3, -0.25) is 0 Å². The molecule has 0 bridgehead atoms. The van der Waals surface area contributed by atoms with E-state index in [1.54, 1.807) is 14.2 Å². The lowest BCUT2D eigenvalue weighted by atomic mass is 9.89. The molecule has 3 aliphatic rings. The van der Waals surface area contributed by atoms with Crippen molar-refractivity contribution in [3.63, 3.8) is 0 Å². The van der Waals surface area contributed by atoms with E-state index < -0.39 is 0 Å². The fourth-order valence-electron chi connectivity index (χ4n) is 3.88. The Morgan fingerprint density at radius 2 is 1.69 bits per heavy atom. The second-order valence-corrected chi connectivity index (χ2v) is 6.56. The van der Waals surface area contributed by atoms with Gasteiger partial charge in [-0.05, 0) is 60.0 Å². The molecule has 3 aliphatic heterocycles. The Morgan fingerprint density at radius 3 is 2.46 bits per heavy atom. The van der Waals surface area contributed by atoms with Crippen LogP contribution in [0.2, 0.25) is 0 Å². The Bertz CT molecular complexity index is 976. The van der Waals surface area contributed by atoms with Gasteiger partial charge >= 0.3 is 0 Å². The van der Waals surface area contributed by atoms with E-state index in [0.717, 1.165) is 45.4 Å². The third-order valence-electron chi connectivity index (χ3n) is 5.26. The molecule has 0 aromatic heterocycles. The lowest BCUT2D eigenvalue weighted by molar-refractivity contribution is 0.174. The first-order chi connectivity index (χ1) is 12.7. The van der Waals surface area contributed by atoms with Crippen LogP contribution in [-0.2, 0) is 0 Å². The van der Waals surface area contributed by atoms with Crippen LogP contribution in [0, 0.1) is 0 Å². The van der Waals surface area contributed by atoms with Crippen molar-refractivity contribution in [2.75, 3.05) is 21.0 Å². The third kappa shape index (κ3) is 2.03. The molecule has 26 heavy (non-hydrogen) atoms. The molecule has 0 saturated carbocycles. The van der Waals surface area contributed by atoms with Crippen molar-refractivity contribution in [1.29, 1.82) is 0 Å². The molecule has 5 heteroatoms. The molecule has 132 valence electrons. The van der Waals surface area contributed by atoms with E-state index in [-0.39, 0.29) is 12.8 Å². The van der Waals surface area contributed by atoms with Crippen molar-refractivity contribution in [3.8, 4) is 23.0 Å². The number of nitrogens with zero attached hydrogens (tertiary/aromatic N) is 1. The standard InChI is InChI=1S/C21H19NO4/c1-12-15-9-21-20(25-11-26-21)8-14(15)6-17-16-10-19(24-3)18(23-2)7-13(16)4-5-22(12)17/h4-10,12H,11H2,1-3H3. The van der Waals surface area contributed by atoms with Crippen molar-refractivity contribution in [1.82, 2.24) is 4.90 Å². The molecule has 2 aromatic carbocycles. The van der Waals surface area contributed by atoms with Crippen LogP contribution in [0.3, 0.4) is 0 Å². The van der Waals surface area contributed by atoms with Gasteiger partial charge in [-0.2, -0.15) is 0 Å². The van der Waals surface area contributed by atoms with Gasteiger partial charge in [0.1, 0.15) is 0 Å². The van der Waals surface area contributed by atoms with Crippen LogP contribution in [0.5, 0.6) is 23.0 Å². The van der Waals surface area contributed by atoms with Crippen molar-refractivity contribution in [2.24, 2.45) is 0 Å². The molecule has 5 nitrogen and oxygen atoms in total. The molecular formula is C21H19NO4. The van der Waals surface area contributed by atoms with Gasteiger partial charge in [-0.25, -0.2) is 0 Å². The molecule has 0 saturated heterocycles. The first-order valence-corrected chi connectivity index (χ1v) is 8.58. The van der Waals surface area contributed by atoms with E-state index in [2.05, 4.69) is 42.3 Å². The molecule has 2 aromatic rings. The summed E-state index contributed by atoms with van der Waals surface area (Å²) >= 11 is 0. The maximum absolute atomic E-state index is 5.56. The number of hydrogen-bond acceptors (Lipinski definition) is 5. The third-order valence-corrected chi connectivity index (χ3v) is 5.26. The van der Waals surface area contributed by atoms with Crippen molar-refractivity contribution >= 4 is 17.8 Å². The zero-order chi connectivity index (χ0) is 17.8. The highest BCUT2D eigenvalue weighted by Gasteiger charge is 2.31. The summed E-state index contributed by atoms with van der Waals surface area (Å²) in [6, 6.07) is 8.41. The predicted molar refractivity (Wildman–Crippen MR) is 99.3 cm³/mol. The van der Waals surface area contributed by atoms with Crippen molar-refractivity contribution in [2.45, 2.75) is 13.0 Å². The van der Waals surface area contributed by atoms with Gasteiger partial charge in [0.15, 0.2) is 23.0 Å². The molecule has 0 amide bonds. The van der Waals surface area contributed by atoms with Crippen LogP contribution in [0.4, 0.5) is 0 Å². The zero-order valence-electron chi connectivity index (χ0n) is 14.9. The van der Waals surface area contributed by atoms with Gasteiger partial charge in [-0.15, -0.1) is 0 Å². The number of rotatable bonds is 2. The van der Waals surface area contributed by atoms with E-state index in [1.807, 2.05) is 12.1 Å². The Morgan fingerprint density at radius 1 is 0.962 bits per heavy atom. The Hall–Kier alpha value is -3.08. The van der Waals surface area contributed by atoms with Gasteiger partial charge in [-0.1, -0.05) is 0 Å². The minimum atomic E-state index is 0.192. The highest BCUT2D eigenvalue weighted by molar-refractivity contribution is 5.91. The molecule has 0 radical (unpaired) electrons. The fourth-order valence-corrected chi connectivity index (χ4v) is 3.88. The lowest BCUT2D eigenvalue weighted by Gasteiger charge is -2.38. The maximum atomic E-state index is 5.56. The van der Waals surface area contributed by atoms with E-state index >= 15 is 0 Å². The summed E-state index contributed by atoms with van der Waals surface area (Å²) in [7, 11) is 3.32. The van der Waals surface area contributed by atoms with Crippen LogP contribution in [0.15, 0.2) is 30.5 Å². The molecular weight excluding hydrogens is 330 g/mol. The summed E-state index contributed by atoms with van der Waals surface area (Å²) in [5.74, 6) is 3.09. The summed E-state index contributed by atoms with van der Waals surface area (Å²) < 4.78 is 22.1. The van der Waals surface area contributed by atoms with Crippen LogP contribution in [0.25, 0.3) is 17.8 Å². The smallest absolute Gasteiger partial charge is 0.231 e. The Balaban J connectivity index is 1.70. The minimum Gasteiger partial charge on any atom is -0.493 e. The summed E-state index contributed by atoms with van der Waals surface area (Å²) in [6.07, 6.45) is 6.44. The number of ether oxygens (including phenoxy) is 4. The first kappa shape index (κ1) is 15.2. The fraction of sp³-hybridized carbons (Fsp3) is 0.238. The van der Waals surface area contributed by atoms with Crippen molar-refractivity contribution in [3.05, 3.63) is 52.7 Å². The Kier molecular flexibility index (Phi) is 3.19. The first-order valence-electron chi connectivity index (χ1n) is 8.58. The van der Waals surface area contributed by atoms with E-state index in [9.17, 15) is 0 Å². The zero-order valence-corrected chi connectivity index (χ0v) is 14.9. The van der Waals surface area contributed by atoms with Crippen LogP contribution in [-0.4, -0.2) is 25.9 Å². The molecule has 0 N–H and O–H groups in total. The molecule has 0 aliphatic carbocycles. The highest BCUT2D eigenvalue weighted by Crippen LogP contribution is 2.47. The van der Waals surface area contributed by atoms with E-state index in [1.165, 1.54) is 5.56 Å². The van der Waals surface area contributed by atoms with E-state index in [4.69, 9.17) is 18.9 Å². The second kappa shape index (κ2) is 5.46. The molecule has 0 fully saturated rings. The molecule has 1 unspecified atom stereocenters.